The van der Waals surface area contributed by atoms with Gasteiger partial charge in [-0.2, -0.15) is 0 Å². The Morgan fingerprint density at radius 2 is 0.816 bits per heavy atom. The van der Waals surface area contributed by atoms with Crippen molar-refractivity contribution in [3.8, 4) is 0 Å². The van der Waals surface area contributed by atoms with Gasteiger partial charge in [0.2, 0.25) is 0 Å². The average molecular weight is 1090 g/mol. The van der Waals surface area contributed by atoms with Gasteiger partial charge in [0.15, 0.2) is 0 Å². The maximum Gasteiger partial charge on any atom is 0.338 e. The molecule has 0 aromatic heterocycles. The van der Waals surface area contributed by atoms with E-state index in [1.165, 1.54) is 6.54 Å². The number of carbonyl (C=O) groups is 2. The topological polar surface area (TPSA) is 95.9 Å². The number of likely N-dealkylation sites (N-methyl/N-ethyl adjacent to an activating group) is 2. The molecule has 12 heteroatoms. The lowest BCUT2D eigenvalue weighted by atomic mass is 9.74. The summed E-state index contributed by atoms with van der Waals surface area (Å²) in [6.07, 6.45) is 1.22. The van der Waals surface area contributed by atoms with Crippen molar-refractivity contribution < 1.29 is 24.3 Å². The van der Waals surface area contributed by atoms with E-state index < -0.39 is 23.0 Å². The van der Waals surface area contributed by atoms with Gasteiger partial charge in [-0.1, -0.05) is 228 Å². The first kappa shape index (κ1) is 55.9. The number of halogens is 4. The van der Waals surface area contributed by atoms with Crippen LogP contribution in [0.5, 0.6) is 0 Å². The molecule has 0 bridgehead atoms. The Kier molecular flexibility index (Phi) is 18.2. The zero-order chi connectivity index (χ0) is 54.0. The summed E-state index contributed by atoms with van der Waals surface area (Å²) < 4.78 is 1.04. The molecular formula is C64H62Cl4N4O4. The maximum atomic E-state index is 11.7. The van der Waals surface area contributed by atoms with Crippen LogP contribution < -0.4 is 10.4 Å². The molecule has 2 N–H and O–H groups in total. The monoisotopic (exact) mass is 1090 g/mol. The number of carboxylic acid groups (broad SMARTS) is 2. The Labute approximate surface area is 467 Å². The molecular weight excluding hydrogens is 1030 g/mol. The molecule has 2 aliphatic heterocycles. The van der Waals surface area contributed by atoms with E-state index in [0.717, 1.165) is 66.7 Å². The lowest BCUT2D eigenvalue weighted by Crippen LogP contribution is -2.50. The van der Waals surface area contributed by atoms with E-state index in [2.05, 4.69) is 182 Å². The van der Waals surface area contributed by atoms with Crippen molar-refractivity contribution in [2.75, 3.05) is 54.4 Å². The van der Waals surface area contributed by atoms with Crippen LogP contribution in [-0.2, 0) is 37.0 Å². The highest BCUT2D eigenvalue weighted by Crippen LogP contribution is 2.48. The number of fused-ring (bicyclic) bond motifs is 2. The molecule has 0 saturated carbocycles. The summed E-state index contributed by atoms with van der Waals surface area (Å²) >= 11 is 25.8. The number of carboxylic acids is 2. The minimum atomic E-state index is -1.35. The Hall–Kier alpha value is -6.30. The van der Waals surface area contributed by atoms with Crippen molar-refractivity contribution >= 4 is 58.3 Å². The molecule has 0 atom stereocenters. The summed E-state index contributed by atoms with van der Waals surface area (Å²) in [7, 11) is 8.56. The van der Waals surface area contributed by atoms with E-state index in [-0.39, 0.29) is 31.2 Å². The summed E-state index contributed by atoms with van der Waals surface area (Å²) in [6, 6.07) is 66.4. The highest BCUT2D eigenvalue weighted by Gasteiger charge is 2.45. The van der Waals surface area contributed by atoms with E-state index in [4.69, 9.17) is 46.4 Å². The predicted octanol–water partition coefficient (Wildman–Crippen LogP) is 12.7. The van der Waals surface area contributed by atoms with Crippen molar-refractivity contribution in [3.63, 3.8) is 0 Å². The van der Waals surface area contributed by atoms with Crippen LogP contribution in [-0.4, -0.2) is 85.7 Å². The average Bonchev–Trinajstić information content (AvgIpc) is 3.43. The maximum absolute atomic E-state index is 11.7. The zero-order valence-corrected chi connectivity index (χ0v) is 46.2. The first-order chi connectivity index (χ1) is 36.6. The van der Waals surface area contributed by atoms with Crippen LogP contribution in [0.25, 0.3) is 0 Å². The molecule has 8 aromatic rings. The van der Waals surface area contributed by atoms with Crippen LogP contribution in [0.2, 0.25) is 20.1 Å². The lowest BCUT2D eigenvalue weighted by molar-refractivity contribution is -0.869. The first-order valence-corrected chi connectivity index (χ1v) is 26.9. The van der Waals surface area contributed by atoms with E-state index in [9.17, 15) is 19.8 Å². The molecule has 2 aliphatic rings. The predicted molar refractivity (Wildman–Crippen MR) is 308 cm³/mol. The first-order valence-electron chi connectivity index (χ1n) is 25.3. The van der Waals surface area contributed by atoms with Gasteiger partial charge in [0, 0.05) is 38.3 Å². The highest BCUT2D eigenvalue weighted by atomic mass is 35.5. The molecule has 390 valence electrons. The van der Waals surface area contributed by atoms with E-state index in [1.54, 1.807) is 12.1 Å². The minimum Gasteiger partial charge on any atom is -0.545 e. The van der Waals surface area contributed by atoms with Gasteiger partial charge in [0.25, 0.3) is 0 Å². The van der Waals surface area contributed by atoms with Crippen LogP contribution >= 0.6 is 46.4 Å². The molecule has 8 nitrogen and oxygen atoms in total. The summed E-state index contributed by atoms with van der Waals surface area (Å²) in [5, 5.41) is 25.0. The smallest absolute Gasteiger partial charge is 0.338 e. The molecule has 0 fully saturated rings. The largest absolute Gasteiger partial charge is 0.545 e. The molecule has 0 aliphatic carbocycles. The number of nitrogens with one attached hydrogen (secondary N) is 1. The molecule has 10 rings (SSSR count). The Balaban J connectivity index is 0.000000176. The number of benzene rings is 8. The quantitative estimate of drug-likeness (QED) is 0.0877. The van der Waals surface area contributed by atoms with Gasteiger partial charge in [-0.05, 0) is 87.7 Å². The van der Waals surface area contributed by atoms with E-state index in [1.807, 2.05) is 43.4 Å². The van der Waals surface area contributed by atoms with Crippen molar-refractivity contribution in [2.24, 2.45) is 0 Å². The third-order valence-corrected chi connectivity index (χ3v) is 15.8. The second-order valence-electron chi connectivity index (χ2n) is 20.0. The zero-order valence-electron chi connectivity index (χ0n) is 43.2. The standard InChI is InChI=1S/2C29H23Cl2NO2.C6H17N2/c2*30-25-18-20-19-32(17-16-24(20)27(31)26(25)28(33)34)29(21-10-4-1-5-11-21,22-12-6-2-7-13-22)23-14-8-3-9-15-23;1-7-5-6-8(2,3)4/h2*1-15,18H,16-17,19H2,(H,33,34);7H,5-6H2,1-4H3/q;;+1/p-1. The number of hydrogen-bond donors (Lipinski definition) is 2. The molecule has 76 heavy (non-hydrogen) atoms. The van der Waals surface area contributed by atoms with Gasteiger partial charge in [-0.25, -0.2) is 4.79 Å². The summed E-state index contributed by atoms with van der Waals surface area (Å²) in [6.45, 7) is 4.81. The molecule has 0 saturated heterocycles. The van der Waals surface area contributed by atoms with Gasteiger partial charge < -0.3 is 24.8 Å². The number of rotatable bonds is 13. The number of hydrogen-bond acceptors (Lipinski definition) is 6. The summed E-state index contributed by atoms with van der Waals surface area (Å²) in [5.74, 6) is -2.46. The van der Waals surface area contributed by atoms with E-state index >= 15 is 0 Å². The third-order valence-electron chi connectivity index (χ3n) is 14.4. The van der Waals surface area contributed by atoms with Crippen molar-refractivity contribution in [1.82, 2.24) is 15.1 Å². The van der Waals surface area contributed by atoms with Crippen molar-refractivity contribution in [3.05, 3.63) is 281 Å². The molecule has 2 heterocycles. The van der Waals surface area contributed by atoms with Gasteiger partial charge in [-0.3, -0.25) is 9.80 Å². The number of carbonyl (C=O) groups excluding carboxylic acids is 1. The van der Waals surface area contributed by atoms with Crippen LogP contribution in [0.15, 0.2) is 194 Å². The van der Waals surface area contributed by atoms with Crippen LogP contribution in [0.4, 0.5) is 0 Å². The lowest BCUT2D eigenvalue weighted by Gasteiger charge is -2.48. The fraction of sp³-hybridized carbons (Fsp3) is 0.219. The second kappa shape index (κ2) is 24.8. The van der Waals surface area contributed by atoms with Gasteiger partial charge in [-0.15, -0.1) is 0 Å². The molecule has 0 amide bonds. The second-order valence-corrected chi connectivity index (χ2v) is 21.6. The van der Waals surface area contributed by atoms with Crippen molar-refractivity contribution in [2.45, 2.75) is 37.0 Å². The molecule has 0 unspecified atom stereocenters. The van der Waals surface area contributed by atoms with Gasteiger partial charge in [0.05, 0.1) is 70.4 Å². The Bertz CT molecular complexity index is 2830. The fourth-order valence-electron chi connectivity index (χ4n) is 10.9. The number of quaternary nitrogens is 1. The molecule has 8 aromatic carbocycles. The van der Waals surface area contributed by atoms with E-state index in [0.29, 0.717) is 39.0 Å². The highest BCUT2D eigenvalue weighted by molar-refractivity contribution is 6.40. The summed E-state index contributed by atoms with van der Waals surface area (Å²) in [5.41, 5.74) is 9.26. The van der Waals surface area contributed by atoms with Crippen LogP contribution in [0.3, 0.4) is 0 Å². The number of nitrogens with zero attached hydrogens (tertiary/aromatic N) is 3. The van der Waals surface area contributed by atoms with Crippen LogP contribution in [0, 0.1) is 0 Å². The fourth-order valence-corrected chi connectivity index (χ4v) is 12.4. The number of aromatic carboxylic acids is 2. The van der Waals surface area contributed by atoms with Crippen LogP contribution in [0.1, 0.15) is 76.4 Å². The molecule has 0 spiro atoms. The van der Waals surface area contributed by atoms with Crippen molar-refractivity contribution in [1.29, 1.82) is 0 Å². The Morgan fingerprint density at radius 3 is 1.07 bits per heavy atom. The normalized spacial score (nSPS) is 13.7. The molecule has 0 radical (unpaired) electrons. The minimum absolute atomic E-state index is 0.0176. The SMILES string of the molecule is CNCC[N+](C)(C)C.O=C(O)c1c(Cl)cc2c(c1Cl)CCN(C(c1ccccc1)(c1ccccc1)c1ccccc1)C2.O=C([O-])c1c(Cl)cc2c(c1Cl)CCN(C(c1ccccc1)(c1ccccc1)c1ccccc1)C2. The third kappa shape index (κ3) is 11.7. The van der Waals surface area contributed by atoms with Gasteiger partial charge in [0.1, 0.15) is 0 Å². The Morgan fingerprint density at radius 1 is 0.526 bits per heavy atom. The van der Waals surface area contributed by atoms with Gasteiger partial charge >= 0.3 is 5.97 Å². The summed E-state index contributed by atoms with van der Waals surface area (Å²) in [4.78, 5) is 28.2.